The highest BCUT2D eigenvalue weighted by Gasteiger charge is 2.41. The molecule has 0 unspecified atom stereocenters. The maximum atomic E-state index is 12.8. The molecule has 1 N–H and O–H groups in total. The van der Waals surface area contributed by atoms with Crippen LogP contribution in [0.5, 0.6) is 0 Å². The molecule has 5 rings (SSSR count). The van der Waals surface area contributed by atoms with Crippen molar-refractivity contribution >= 4 is 15.7 Å². The Morgan fingerprint density at radius 3 is 2.32 bits per heavy atom. The molecule has 2 saturated heterocycles. The summed E-state index contributed by atoms with van der Waals surface area (Å²) in [5.74, 6) is 3.03. The van der Waals surface area contributed by atoms with Gasteiger partial charge in [-0.2, -0.15) is 0 Å². The molecule has 4 aliphatic rings. The van der Waals surface area contributed by atoms with Crippen molar-refractivity contribution in [1.29, 1.82) is 0 Å². The first-order chi connectivity index (χ1) is 15.1. The highest BCUT2D eigenvalue weighted by atomic mass is 32.2. The van der Waals surface area contributed by atoms with E-state index in [0.29, 0.717) is 11.9 Å². The van der Waals surface area contributed by atoms with Crippen LogP contribution in [0.15, 0.2) is 17.2 Å². The van der Waals surface area contributed by atoms with Crippen molar-refractivity contribution in [2.75, 3.05) is 38.2 Å². The molecule has 2 aliphatic heterocycles. The third-order valence-electron chi connectivity index (χ3n) is 7.96. The van der Waals surface area contributed by atoms with Crippen LogP contribution in [0.4, 0.5) is 5.82 Å². The number of anilines is 1. The predicted octanol–water partition coefficient (Wildman–Crippen LogP) is 3.13. The summed E-state index contributed by atoms with van der Waals surface area (Å²) in [5.41, 5.74) is 0. The number of fused-ring (bicyclic) bond motifs is 1. The molecule has 2 atom stereocenters. The second kappa shape index (κ2) is 9.32. The molecule has 0 radical (unpaired) electrons. The Balaban J connectivity index is 1.12. The minimum Gasteiger partial charge on any atom is -0.381 e. The Morgan fingerprint density at radius 2 is 1.68 bits per heavy atom. The molecule has 3 heterocycles. The Labute approximate surface area is 186 Å². The van der Waals surface area contributed by atoms with Crippen LogP contribution in [0.25, 0.3) is 0 Å². The number of sulfone groups is 1. The lowest BCUT2D eigenvalue weighted by Gasteiger charge is -2.27. The molecule has 1 aromatic rings. The van der Waals surface area contributed by atoms with Crippen molar-refractivity contribution in [3.05, 3.63) is 12.1 Å². The van der Waals surface area contributed by atoms with Crippen LogP contribution in [-0.2, 0) is 14.6 Å². The number of nitrogens with one attached hydrogen (secondary N) is 1. The lowest BCUT2D eigenvalue weighted by molar-refractivity contribution is 0.0545. The van der Waals surface area contributed by atoms with E-state index in [2.05, 4.69) is 20.4 Å². The zero-order valence-corrected chi connectivity index (χ0v) is 19.2. The van der Waals surface area contributed by atoms with Gasteiger partial charge in [-0.25, -0.2) is 8.42 Å². The SMILES string of the molecule is O=S(=O)(c1ccc(NC2C[C@@H]3CN(CC4CCOCC4)C[C@H]3C2)nn1)C1CCCCC1. The highest BCUT2D eigenvalue weighted by molar-refractivity contribution is 7.92. The molecule has 2 aliphatic carbocycles. The van der Waals surface area contributed by atoms with Gasteiger partial charge in [0, 0.05) is 38.9 Å². The normalized spacial score (nSPS) is 29.3. The fourth-order valence-electron chi connectivity index (χ4n) is 6.26. The average Bonchev–Trinajstić information content (AvgIpc) is 3.33. The van der Waals surface area contributed by atoms with E-state index in [1.54, 1.807) is 12.1 Å². The lowest BCUT2D eigenvalue weighted by Crippen LogP contribution is -2.32. The summed E-state index contributed by atoms with van der Waals surface area (Å²) in [6.07, 6.45) is 9.37. The first-order valence-electron chi connectivity index (χ1n) is 12.2. The molecule has 0 aromatic carbocycles. The molecule has 7 nitrogen and oxygen atoms in total. The Hall–Kier alpha value is -1.25. The number of likely N-dealkylation sites (tertiary alicyclic amines) is 1. The molecule has 1 aromatic heterocycles. The van der Waals surface area contributed by atoms with Crippen LogP contribution in [-0.4, -0.2) is 67.7 Å². The van der Waals surface area contributed by atoms with Gasteiger partial charge in [-0.15, -0.1) is 10.2 Å². The fraction of sp³-hybridized carbons (Fsp3) is 0.826. The van der Waals surface area contributed by atoms with Crippen molar-refractivity contribution < 1.29 is 13.2 Å². The molecule has 172 valence electrons. The topological polar surface area (TPSA) is 84.4 Å². The van der Waals surface area contributed by atoms with Crippen molar-refractivity contribution in [2.45, 2.75) is 74.1 Å². The molecule has 0 amide bonds. The summed E-state index contributed by atoms with van der Waals surface area (Å²) in [7, 11) is -3.35. The van der Waals surface area contributed by atoms with E-state index in [0.717, 1.165) is 63.1 Å². The van der Waals surface area contributed by atoms with Gasteiger partial charge in [0.25, 0.3) is 0 Å². The largest absolute Gasteiger partial charge is 0.381 e. The Morgan fingerprint density at radius 1 is 0.968 bits per heavy atom. The summed E-state index contributed by atoms with van der Waals surface area (Å²) >= 11 is 0. The molecule has 2 saturated carbocycles. The fourth-order valence-corrected chi connectivity index (χ4v) is 7.97. The van der Waals surface area contributed by atoms with E-state index in [1.165, 1.54) is 45.3 Å². The van der Waals surface area contributed by atoms with Gasteiger partial charge in [0.1, 0.15) is 5.82 Å². The quantitative estimate of drug-likeness (QED) is 0.716. The van der Waals surface area contributed by atoms with Crippen LogP contribution >= 0.6 is 0 Å². The van der Waals surface area contributed by atoms with E-state index in [1.807, 2.05) is 0 Å². The van der Waals surface area contributed by atoms with E-state index in [4.69, 9.17) is 4.74 Å². The van der Waals surface area contributed by atoms with Gasteiger partial charge in [0.05, 0.1) is 5.25 Å². The number of hydrogen-bond acceptors (Lipinski definition) is 7. The maximum absolute atomic E-state index is 12.8. The van der Waals surface area contributed by atoms with Gasteiger partial charge >= 0.3 is 0 Å². The summed E-state index contributed by atoms with van der Waals surface area (Å²) in [6.45, 7) is 5.52. The molecule has 0 bridgehead atoms. The number of rotatable bonds is 6. The number of ether oxygens (including phenoxy) is 1. The van der Waals surface area contributed by atoms with Crippen molar-refractivity contribution in [3.8, 4) is 0 Å². The Kier molecular flexibility index (Phi) is 6.49. The second-order valence-corrected chi connectivity index (χ2v) is 12.3. The molecule has 8 heteroatoms. The lowest BCUT2D eigenvalue weighted by atomic mass is 10.00. The summed E-state index contributed by atoms with van der Waals surface area (Å²) in [4.78, 5) is 2.67. The predicted molar refractivity (Wildman–Crippen MR) is 120 cm³/mol. The zero-order chi connectivity index (χ0) is 21.3. The van der Waals surface area contributed by atoms with Gasteiger partial charge < -0.3 is 15.0 Å². The smallest absolute Gasteiger partial charge is 0.200 e. The summed E-state index contributed by atoms with van der Waals surface area (Å²) < 4.78 is 31.1. The van der Waals surface area contributed by atoms with Crippen LogP contribution in [0.1, 0.15) is 57.8 Å². The van der Waals surface area contributed by atoms with Crippen LogP contribution in [0.2, 0.25) is 0 Å². The summed E-state index contributed by atoms with van der Waals surface area (Å²) in [6, 6.07) is 3.86. The molecule has 0 spiro atoms. The number of nitrogens with zero attached hydrogens (tertiary/aromatic N) is 3. The van der Waals surface area contributed by atoms with Gasteiger partial charge in [-0.05, 0) is 68.4 Å². The summed E-state index contributed by atoms with van der Waals surface area (Å²) in [5, 5.41) is 11.7. The van der Waals surface area contributed by atoms with Gasteiger partial charge in [-0.3, -0.25) is 0 Å². The molecule has 31 heavy (non-hydrogen) atoms. The standard InChI is InChI=1S/C23H36N4O3S/c28-31(29,21-4-2-1-3-5-21)23-7-6-22(25-26-23)24-20-12-18-15-27(16-19(18)13-20)14-17-8-10-30-11-9-17/h6-7,17-21H,1-5,8-16H2,(H,24,25)/t18-,19-/m1/s1. The minimum atomic E-state index is -3.35. The van der Waals surface area contributed by atoms with E-state index in [-0.39, 0.29) is 10.3 Å². The monoisotopic (exact) mass is 448 g/mol. The molecular formula is C23H36N4O3S. The van der Waals surface area contributed by atoms with Crippen LogP contribution in [0, 0.1) is 17.8 Å². The average molecular weight is 449 g/mol. The molecular weight excluding hydrogens is 412 g/mol. The minimum absolute atomic E-state index is 0.136. The first-order valence-corrected chi connectivity index (χ1v) is 13.8. The van der Waals surface area contributed by atoms with Crippen LogP contribution < -0.4 is 5.32 Å². The number of hydrogen-bond donors (Lipinski definition) is 1. The van der Waals surface area contributed by atoms with Gasteiger partial charge in [-0.1, -0.05) is 19.3 Å². The Bertz CT molecular complexity index is 821. The van der Waals surface area contributed by atoms with E-state index in [9.17, 15) is 8.42 Å². The first kappa shape index (κ1) is 21.6. The maximum Gasteiger partial charge on any atom is 0.200 e. The third kappa shape index (κ3) is 4.91. The second-order valence-electron chi connectivity index (χ2n) is 10.2. The zero-order valence-electron chi connectivity index (χ0n) is 18.4. The van der Waals surface area contributed by atoms with E-state index < -0.39 is 9.84 Å². The third-order valence-corrected chi connectivity index (χ3v) is 10.1. The van der Waals surface area contributed by atoms with Gasteiger partial charge in [0.15, 0.2) is 14.9 Å². The van der Waals surface area contributed by atoms with Crippen molar-refractivity contribution in [3.63, 3.8) is 0 Å². The molecule has 4 fully saturated rings. The van der Waals surface area contributed by atoms with Gasteiger partial charge in [0.2, 0.25) is 0 Å². The van der Waals surface area contributed by atoms with E-state index >= 15 is 0 Å². The highest BCUT2D eigenvalue weighted by Crippen LogP contribution is 2.39. The number of aromatic nitrogens is 2. The van der Waals surface area contributed by atoms with Crippen molar-refractivity contribution in [2.24, 2.45) is 17.8 Å². The van der Waals surface area contributed by atoms with Crippen molar-refractivity contribution in [1.82, 2.24) is 15.1 Å². The van der Waals surface area contributed by atoms with Crippen LogP contribution in [0.3, 0.4) is 0 Å².